The van der Waals surface area contributed by atoms with Gasteiger partial charge in [-0.05, 0) is 24.1 Å². The van der Waals surface area contributed by atoms with Gasteiger partial charge in [0.1, 0.15) is 5.78 Å². The second kappa shape index (κ2) is 6.85. The maximum atomic E-state index is 12.0. The Kier molecular flexibility index (Phi) is 6.70. The number of ketones is 1. The van der Waals surface area contributed by atoms with Crippen LogP contribution in [0.3, 0.4) is 0 Å². The highest BCUT2D eigenvalue weighted by Crippen LogP contribution is 2.39. The molecule has 0 heterocycles. The average molecular weight is 285 g/mol. The van der Waals surface area contributed by atoms with Crippen LogP contribution in [0.25, 0.3) is 0 Å². The second-order valence-electron chi connectivity index (χ2n) is 7.05. The Balaban J connectivity index is 5.19. The standard InChI is InChI=1S/C16H32O2Si/c1-10-12(3)15(13(4)14(17)11-2)18-19(8,9)16(5,6)7/h10,12-13,15H,1,11H2,2-9H3/t12-,13-,15+/m1/s1. The monoisotopic (exact) mass is 284 g/mol. The number of carbonyl (C=O) groups excluding carboxylic acids is 1. The van der Waals surface area contributed by atoms with E-state index in [0.29, 0.717) is 6.42 Å². The van der Waals surface area contributed by atoms with Crippen LogP contribution in [-0.2, 0) is 9.22 Å². The summed E-state index contributed by atoms with van der Waals surface area (Å²) in [6, 6.07) is 0. The number of rotatable bonds is 7. The molecule has 0 aromatic heterocycles. The van der Waals surface area contributed by atoms with Gasteiger partial charge in [0.05, 0.1) is 6.10 Å². The van der Waals surface area contributed by atoms with Gasteiger partial charge in [0.15, 0.2) is 8.32 Å². The van der Waals surface area contributed by atoms with E-state index in [2.05, 4.69) is 47.4 Å². The molecule has 0 aromatic rings. The van der Waals surface area contributed by atoms with Gasteiger partial charge in [0.2, 0.25) is 0 Å². The molecule has 0 rings (SSSR count). The minimum Gasteiger partial charge on any atom is -0.413 e. The van der Waals surface area contributed by atoms with Crippen molar-refractivity contribution in [2.24, 2.45) is 11.8 Å². The SMILES string of the molecule is C=C[C@@H](C)[C@H](O[Si](C)(C)C(C)(C)C)[C@H](C)C(=O)CC. The van der Waals surface area contributed by atoms with Crippen LogP contribution in [0.15, 0.2) is 12.7 Å². The fourth-order valence-electron chi connectivity index (χ4n) is 1.82. The van der Waals surface area contributed by atoms with E-state index in [1.54, 1.807) is 0 Å². The van der Waals surface area contributed by atoms with Gasteiger partial charge in [-0.3, -0.25) is 4.79 Å². The Morgan fingerprint density at radius 1 is 1.32 bits per heavy atom. The summed E-state index contributed by atoms with van der Waals surface area (Å²) in [5.41, 5.74) is 0. The first-order chi connectivity index (χ1) is 8.47. The molecule has 2 nitrogen and oxygen atoms in total. The van der Waals surface area contributed by atoms with Crippen molar-refractivity contribution in [2.45, 2.75) is 72.2 Å². The van der Waals surface area contributed by atoms with E-state index in [9.17, 15) is 4.79 Å². The summed E-state index contributed by atoms with van der Waals surface area (Å²) in [5, 5.41) is 0.154. The van der Waals surface area contributed by atoms with Crippen molar-refractivity contribution in [3.05, 3.63) is 12.7 Å². The fraction of sp³-hybridized carbons (Fsp3) is 0.812. The maximum absolute atomic E-state index is 12.0. The lowest BCUT2D eigenvalue weighted by molar-refractivity contribution is -0.125. The van der Waals surface area contributed by atoms with Gasteiger partial charge in [-0.2, -0.15) is 0 Å². The molecule has 3 heteroatoms. The molecule has 0 radical (unpaired) electrons. The minimum atomic E-state index is -1.87. The van der Waals surface area contributed by atoms with Crippen molar-refractivity contribution in [1.29, 1.82) is 0 Å². The van der Waals surface area contributed by atoms with Crippen LogP contribution in [0.1, 0.15) is 48.0 Å². The summed E-state index contributed by atoms with van der Waals surface area (Å²) in [4.78, 5) is 12.0. The first kappa shape index (κ1) is 18.6. The summed E-state index contributed by atoms with van der Waals surface area (Å²) in [6.45, 7) is 21.0. The molecule has 0 N–H and O–H groups in total. The average Bonchev–Trinajstić information content (AvgIpc) is 2.31. The van der Waals surface area contributed by atoms with E-state index in [1.807, 2.05) is 19.9 Å². The van der Waals surface area contributed by atoms with Gasteiger partial charge in [0.25, 0.3) is 0 Å². The summed E-state index contributed by atoms with van der Waals surface area (Å²) in [7, 11) is -1.87. The third-order valence-corrected chi connectivity index (χ3v) is 8.95. The second-order valence-corrected chi connectivity index (χ2v) is 11.8. The molecule has 0 bridgehead atoms. The van der Waals surface area contributed by atoms with Crippen molar-refractivity contribution in [1.82, 2.24) is 0 Å². The van der Waals surface area contributed by atoms with Crippen molar-refractivity contribution in [3.8, 4) is 0 Å². The molecule has 0 aliphatic heterocycles. The zero-order chi connectivity index (χ0) is 15.4. The lowest BCUT2D eigenvalue weighted by Gasteiger charge is -2.42. The topological polar surface area (TPSA) is 26.3 Å². The Bertz CT molecular complexity index is 315. The molecular weight excluding hydrogens is 252 g/mol. The molecule has 19 heavy (non-hydrogen) atoms. The highest BCUT2D eigenvalue weighted by atomic mass is 28.4. The number of Topliss-reactive ketones (excluding diaryl/α,β-unsaturated/α-hetero) is 1. The van der Waals surface area contributed by atoms with E-state index in [-0.39, 0.29) is 28.8 Å². The molecule has 0 amide bonds. The lowest BCUT2D eigenvalue weighted by atomic mass is 9.89. The normalized spacial score (nSPS) is 17.7. The third kappa shape index (κ3) is 4.88. The van der Waals surface area contributed by atoms with E-state index in [0.717, 1.165) is 0 Å². The number of carbonyl (C=O) groups is 1. The molecule has 3 atom stereocenters. The van der Waals surface area contributed by atoms with Crippen LogP contribution in [-0.4, -0.2) is 20.2 Å². The predicted octanol–water partition coefficient (Wildman–Crippen LogP) is 4.81. The number of hydrogen-bond acceptors (Lipinski definition) is 2. The predicted molar refractivity (Wildman–Crippen MR) is 85.9 cm³/mol. The van der Waals surface area contributed by atoms with Crippen LogP contribution in [0, 0.1) is 11.8 Å². The van der Waals surface area contributed by atoms with Gasteiger partial charge in [0, 0.05) is 12.3 Å². The molecule has 0 saturated carbocycles. The van der Waals surface area contributed by atoms with Crippen molar-refractivity contribution < 1.29 is 9.22 Å². The number of hydrogen-bond donors (Lipinski definition) is 0. The lowest BCUT2D eigenvalue weighted by Crippen LogP contribution is -2.48. The zero-order valence-corrected chi connectivity index (χ0v) is 15.0. The Morgan fingerprint density at radius 3 is 2.11 bits per heavy atom. The summed E-state index contributed by atoms with van der Waals surface area (Å²) < 4.78 is 6.49. The molecule has 0 saturated heterocycles. The van der Waals surface area contributed by atoms with Crippen molar-refractivity contribution >= 4 is 14.1 Å². The van der Waals surface area contributed by atoms with Gasteiger partial charge < -0.3 is 4.43 Å². The maximum Gasteiger partial charge on any atom is 0.192 e. The van der Waals surface area contributed by atoms with Gasteiger partial charge in [-0.15, -0.1) is 6.58 Å². The van der Waals surface area contributed by atoms with Gasteiger partial charge >= 0.3 is 0 Å². The fourth-order valence-corrected chi connectivity index (χ4v) is 3.27. The molecule has 0 aromatic carbocycles. The molecule has 0 spiro atoms. The summed E-state index contributed by atoms with van der Waals surface area (Å²) >= 11 is 0. The molecular formula is C16H32O2Si. The molecule has 112 valence electrons. The van der Waals surface area contributed by atoms with E-state index >= 15 is 0 Å². The zero-order valence-electron chi connectivity index (χ0n) is 14.0. The Morgan fingerprint density at radius 2 is 1.79 bits per heavy atom. The molecule has 0 aliphatic rings. The Labute approximate surface area is 120 Å². The smallest absolute Gasteiger partial charge is 0.192 e. The van der Waals surface area contributed by atoms with Crippen LogP contribution in [0.2, 0.25) is 18.1 Å². The highest BCUT2D eigenvalue weighted by molar-refractivity contribution is 6.74. The van der Waals surface area contributed by atoms with Crippen molar-refractivity contribution in [3.63, 3.8) is 0 Å². The van der Waals surface area contributed by atoms with Crippen LogP contribution >= 0.6 is 0 Å². The molecule has 0 fully saturated rings. The van der Waals surface area contributed by atoms with Crippen molar-refractivity contribution in [2.75, 3.05) is 0 Å². The quantitative estimate of drug-likeness (QED) is 0.495. The van der Waals surface area contributed by atoms with Crippen LogP contribution in [0.4, 0.5) is 0 Å². The van der Waals surface area contributed by atoms with Gasteiger partial charge in [-0.1, -0.05) is 47.6 Å². The van der Waals surface area contributed by atoms with E-state index < -0.39 is 8.32 Å². The largest absolute Gasteiger partial charge is 0.413 e. The van der Waals surface area contributed by atoms with Crippen LogP contribution in [0.5, 0.6) is 0 Å². The first-order valence-electron chi connectivity index (χ1n) is 7.31. The molecule has 0 unspecified atom stereocenters. The summed E-state index contributed by atoms with van der Waals surface area (Å²) in [6.07, 6.45) is 2.42. The Hall–Kier alpha value is -0.413. The van der Waals surface area contributed by atoms with Gasteiger partial charge in [-0.25, -0.2) is 0 Å². The third-order valence-electron chi connectivity index (χ3n) is 4.48. The van der Waals surface area contributed by atoms with E-state index in [1.165, 1.54) is 0 Å². The summed E-state index contributed by atoms with van der Waals surface area (Å²) in [5.74, 6) is 0.407. The molecule has 0 aliphatic carbocycles. The first-order valence-corrected chi connectivity index (χ1v) is 10.2. The highest BCUT2D eigenvalue weighted by Gasteiger charge is 2.41. The minimum absolute atomic E-state index is 0.0501. The van der Waals surface area contributed by atoms with Crippen LogP contribution < -0.4 is 0 Å². The van der Waals surface area contributed by atoms with E-state index in [4.69, 9.17) is 4.43 Å².